The van der Waals surface area contributed by atoms with E-state index in [9.17, 15) is 22.0 Å². The number of amides is 1. The number of anilines is 1. The molecule has 2 aromatic carbocycles. The Hall–Kier alpha value is -1.84. The number of hydrogen-bond acceptors (Lipinski definition) is 3. The van der Waals surface area contributed by atoms with E-state index in [-0.39, 0.29) is 16.1 Å². The summed E-state index contributed by atoms with van der Waals surface area (Å²) in [6.45, 7) is 0.890. The maximum Gasteiger partial charge on any atom is 0.256 e. The highest BCUT2D eigenvalue weighted by Crippen LogP contribution is 2.26. The average Bonchev–Trinajstić information content (AvgIpc) is 3.13. The van der Waals surface area contributed by atoms with Crippen molar-refractivity contribution in [2.45, 2.75) is 17.7 Å². The normalized spacial score (nSPS) is 15.2. The molecule has 0 spiro atoms. The lowest BCUT2D eigenvalue weighted by atomic mass is 10.2. The fourth-order valence-electron chi connectivity index (χ4n) is 2.70. The van der Waals surface area contributed by atoms with Gasteiger partial charge in [-0.15, -0.1) is 0 Å². The van der Waals surface area contributed by atoms with Crippen molar-refractivity contribution in [3.63, 3.8) is 0 Å². The predicted octanol–water partition coefficient (Wildman–Crippen LogP) is 3.76. The number of rotatable bonds is 4. The molecule has 5 nitrogen and oxygen atoms in total. The zero-order chi connectivity index (χ0) is 18.9. The average molecular weight is 445 g/mol. The molecule has 0 radical (unpaired) electrons. The Morgan fingerprint density at radius 3 is 2.42 bits per heavy atom. The van der Waals surface area contributed by atoms with Crippen molar-refractivity contribution in [2.24, 2.45) is 0 Å². The van der Waals surface area contributed by atoms with Crippen LogP contribution in [-0.2, 0) is 10.0 Å². The third kappa shape index (κ3) is 3.79. The first kappa shape index (κ1) is 18.9. The molecule has 1 N–H and O–H groups in total. The van der Waals surface area contributed by atoms with E-state index in [1.807, 2.05) is 0 Å². The van der Waals surface area contributed by atoms with Crippen molar-refractivity contribution >= 4 is 37.5 Å². The zero-order valence-electron chi connectivity index (χ0n) is 13.5. The molecular formula is C17H15BrF2N2O3S. The van der Waals surface area contributed by atoms with Gasteiger partial charge in [0.1, 0.15) is 11.6 Å². The van der Waals surface area contributed by atoms with Gasteiger partial charge in [-0.2, -0.15) is 4.31 Å². The number of hydrogen-bond donors (Lipinski definition) is 1. The Bertz CT molecular complexity index is 960. The van der Waals surface area contributed by atoms with E-state index in [1.165, 1.54) is 22.5 Å². The topological polar surface area (TPSA) is 66.5 Å². The van der Waals surface area contributed by atoms with Gasteiger partial charge in [0.05, 0.1) is 16.1 Å². The number of nitrogens with one attached hydrogen (secondary N) is 1. The minimum atomic E-state index is -3.69. The standard InChI is InChI=1S/C17H15BrF2N2O3S/c18-14-5-4-12(26(24,25)22-7-1-2-8-22)10-13(14)17(23)21-16-6-3-11(19)9-15(16)20/h3-6,9-10H,1-2,7-8H2,(H,21,23). The molecule has 1 fully saturated rings. The van der Waals surface area contributed by atoms with E-state index >= 15 is 0 Å². The lowest BCUT2D eigenvalue weighted by Crippen LogP contribution is -2.28. The molecule has 0 aliphatic carbocycles. The van der Waals surface area contributed by atoms with E-state index < -0.39 is 27.6 Å². The van der Waals surface area contributed by atoms with Gasteiger partial charge >= 0.3 is 0 Å². The summed E-state index contributed by atoms with van der Waals surface area (Å²) < 4.78 is 53.7. The monoisotopic (exact) mass is 444 g/mol. The molecule has 2 aromatic rings. The first-order chi connectivity index (χ1) is 12.3. The molecule has 1 amide bonds. The minimum absolute atomic E-state index is 0.00710. The van der Waals surface area contributed by atoms with E-state index in [0.717, 1.165) is 25.0 Å². The first-order valence-electron chi connectivity index (χ1n) is 7.85. The molecule has 0 atom stereocenters. The van der Waals surface area contributed by atoms with Crippen molar-refractivity contribution in [3.05, 3.63) is 58.1 Å². The van der Waals surface area contributed by atoms with Crippen LogP contribution in [0, 0.1) is 11.6 Å². The van der Waals surface area contributed by atoms with Gasteiger partial charge in [-0.3, -0.25) is 4.79 Å². The van der Waals surface area contributed by atoms with Gasteiger partial charge in [-0.25, -0.2) is 17.2 Å². The van der Waals surface area contributed by atoms with Crippen LogP contribution in [0.3, 0.4) is 0 Å². The molecule has 26 heavy (non-hydrogen) atoms. The number of carbonyl (C=O) groups is 1. The number of halogens is 3. The molecule has 0 bridgehead atoms. The van der Waals surface area contributed by atoms with Gasteiger partial charge in [-0.1, -0.05) is 0 Å². The highest BCUT2D eigenvalue weighted by Gasteiger charge is 2.28. The van der Waals surface area contributed by atoms with Crippen LogP contribution >= 0.6 is 15.9 Å². The van der Waals surface area contributed by atoms with Crippen molar-refractivity contribution < 1.29 is 22.0 Å². The summed E-state index contributed by atoms with van der Waals surface area (Å²) >= 11 is 3.20. The molecule has 138 valence electrons. The molecule has 0 saturated carbocycles. The molecule has 1 aliphatic rings. The fraction of sp³-hybridized carbons (Fsp3) is 0.235. The Kier molecular flexibility index (Phi) is 5.40. The van der Waals surface area contributed by atoms with Crippen LogP contribution in [0.5, 0.6) is 0 Å². The van der Waals surface area contributed by atoms with Crippen molar-refractivity contribution in [2.75, 3.05) is 18.4 Å². The molecule has 1 heterocycles. The molecule has 9 heteroatoms. The molecule has 3 rings (SSSR count). The summed E-state index contributed by atoms with van der Waals surface area (Å²) in [5.41, 5.74) is -0.162. The Labute approximate surface area is 158 Å². The second-order valence-corrected chi connectivity index (χ2v) is 8.62. The Morgan fingerprint density at radius 2 is 1.77 bits per heavy atom. The lowest BCUT2D eigenvalue weighted by Gasteiger charge is -2.16. The van der Waals surface area contributed by atoms with Gasteiger partial charge < -0.3 is 5.32 Å². The number of sulfonamides is 1. The SMILES string of the molecule is O=C(Nc1ccc(F)cc1F)c1cc(S(=O)(=O)N2CCCC2)ccc1Br. The van der Waals surface area contributed by atoms with Gasteiger partial charge in [-0.05, 0) is 59.1 Å². The van der Waals surface area contributed by atoms with Crippen LogP contribution in [0.1, 0.15) is 23.2 Å². The van der Waals surface area contributed by atoms with Gasteiger partial charge in [0.25, 0.3) is 5.91 Å². The van der Waals surface area contributed by atoms with E-state index in [2.05, 4.69) is 21.2 Å². The van der Waals surface area contributed by atoms with Crippen molar-refractivity contribution in [1.29, 1.82) is 0 Å². The van der Waals surface area contributed by atoms with Crippen LogP contribution in [-0.4, -0.2) is 31.7 Å². The Balaban J connectivity index is 1.91. The summed E-state index contributed by atoms with van der Waals surface area (Å²) in [7, 11) is -3.69. The summed E-state index contributed by atoms with van der Waals surface area (Å²) in [6, 6.07) is 6.88. The van der Waals surface area contributed by atoms with E-state index in [1.54, 1.807) is 0 Å². The van der Waals surface area contributed by atoms with Gasteiger partial charge in [0, 0.05) is 23.6 Å². The van der Waals surface area contributed by atoms with Gasteiger partial charge in [0.15, 0.2) is 0 Å². The maximum atomic E-state index is 13.7. The second-order valence-electron chi connectivity index (χ2n) is 5.83. The minimum Gasteiger partial charge on any atom is -0.319 e. The van der Waals surface area contributed by atoms with Gasteiger partial charge in [0.2, 0.25) is 10.0 Å². The van der Waals surface area contributed by atoms with Crippen LogP contribution in [0.15, 0.2) is 45.8 Å². The van der Waals surface area contributed by atoms with Crippen molar-refractivity contribution in [3.8, 4) is 0 Å². The highest BCUT2D eigenvalue weighted by atomic mass is 79.9. The third-order valence-corrected chi connectivity index (χ3v) is 6.65. The zero-order valence-corrected chi connectivity index (χ0v) is 15.9. The van der Waals surface area contributed by atoms with Crippen molar-refractivity contribution in [1.82, 2.24) is 4.31 Å². The summed E-state index contributed by atoms with van der Waals surface area (Å²) in [5, 5.41) is 2.32. The summed E-state index contributed by atoms with van der Waals surface area (Å²) in [5.74, 6) is -2.39. The first-order valence-corrected chi connectivity index (χ1v) is 10.1. The largest absolute Gasteiger partial charge is 0.319 e. The smallest absolute Gasteiger partial charge is 0.256 e. The van der Waals surface area contributed by atoms with Crippen LogP contribution in [0.4, 0.5) is 14.5 Å². The number of nitrogens with zero attached hydrogens (tertiary/aromatic N) is 1. The number of carbonyl (C=O) groups excluding carboxylic acids is 1. The summed E-state index contributed by atoms with van der Waals surface area (Å²) in [4.78, 5) is 12.5. The lowest BCUT2D eigenvalue weighted by molar-refractivity contribution is 0.102. The van der Waals surface area contributed by atoms with E-state index in [0.29, 0.717) is 23.6 Å². The van der Waals surface area contributed by atoms with Crippen LogP contribution < -0.4 is 5.32 Å². The molecule has 1 saturated heterocycles. The quantitative estimate of drug-likeness (QED) is 0.780. The maximum absolute atomic E-state index is 13.7. The second kappa shape index (κ2) is 7.42. The number of benzene rings is 2. The Morgan fingerprint density at radius 1 is 1.08 bits per heavy atom. The fourth-order valence-corrected chi connectivity index (χ4v) is 4.67. The van der Waals surface area contributed by atoms with E-state index in [4.69, 9.17) is 0 Å². The molecule has 1 aliphatic heterocycles. The third-order valence-electron chi connectivity index (χ3n) is 4.06. The predicted molar refractivity (Wildman–Crippen MR) is 96.4 cm³/mol. The van der Waals surface area contributed by atoms with Crippen LogP contribution in [0.25, 0.3) is 0 Å². The summed E-state index contributed by atoms with van der Waals surface area (Å²) in [6.07, 6.45) is 1.60. The molecular weight excluding hydrogens is 430 g/mol. The molecule has 0 aromatic heterocycles. The highest BCUT2D eigenvalue weighted by molar-refractivity contribution is 9.10. The van der Waals surface area contributed by atoms with Crippen LogP contribution in [0.2, 0.25) is 0 Å². The molecule has 0 unspecified atom stereocenters.